The molecule has 2 unspecified atom stereocenters. The molecule has 2 rings (SSSR count). The van der Waals surface area contributed by atoms with Gasteiger partial charge in [-0.05, 0) is 105 Å². The molecule has 0 aromatic rings. The number of rotatable bonds is 13. The van der Waals surface area contributed by atoms with Gasteiger partial charge in [0.2, 0.25) is 11.8 Å². The zero-order valence-electron chi connectivity index (χ0n) is 23.4. The molecule has 2 aliphatic carbocycles. The van der Waals surface area contributed by atoms with Crippen LogP contribution in [0.3, 0.4) is 0 Å². The smallest absolute Gasteiger partial charge is 0.223 e. The summed E-state index contributed by atoms with van der Waals surface area (Å²) in [5.74, 6) is 0.609. The zero-order valence-corrected chi connectivity index (χ0v) is 23.4. The van der Waals surface area contributed by atoms with Gasteiger partial charge in [0.25, 0.3) is 0 Å². The van der Waals surface area contributed by atoms with Crippen LogP contribution < -0.4 is 10.6 Å². The van der Waals surface area contributed by atoms with Crippen molar-refractivity contribution in [1.82, 2.24) is 10.6 Å². The van der Waals surface area contributed by atoms with Gasteiger partial charge in [0.05, 0.1) is 24.4 Å². The van der Waals surface area contributed by atoms with Crippen molar-refractivity contribution < 1.29 is 19.1 Å². The Morgan fingerprint density at radius 3 is 1.72 bits per heavy atom. The number of carbonyl (C=O) groups excluding carboxylic acids is 2. The van der Waals surface area contributed by atoms with E-state index in [2.05, 4.69) is 62.6 Å². The molecule has 2 atom stereocenters. The average Bonchev–Trinajstić information content (AvgIpc) is 2.75. The van der Waals surface area contributed by atoms with Gasteiger partial charge in [-0.2, -0.15) is 0 Å². The Kier molecular flexibility index (Phi) is 13.8. The van der Waals surface area contributed by atoms with Gasteiger partial charge < -0.3 is 20.1 Å². The molecule has 0 fully saturated rings. The summed E-state index contributed by atoms with van der Waals surface area (Å²) in [5.41, 5.74) is -0.638. The van der Waals surface area contributed by atoms with Crippen LogP contribution in [0.2, 0.25) is 0 Å². The third kappa shape index (κ3) is 13.0. The van der Waals surface area contributed by atoms with Crippen LogP contribution in [0.5, 0.6) is 0 Å². The minimum atomic E-state index is -0.327. The number of ether oxygens (including phenoxy) is 2. The molecule has 0 bridgehead atoms. The quantitative estimate of drug-likeness (QED) is 0.243. The monoisotopic (exact) mass is 504 g/mol. The van der Waals surface area contributed by atoms with Crippen LogP contribution >= 0.6 is 0 Å². The zero-order chi connectivity index (χ0) is 26.3. The second-order valence-corrected chi connectivity index (χ2v) is 11.7. The highest BCUT2D eigenvalue weighted by Gasteiger charge is 2.24. The molecule has 0 aromatic heterocycles. The van der Waals surface area contributed by atoms with Gasteiger partial charge in [-0.1, -0.05) is 24.3 Å². The van der Waals surface area contributed by atoms with Crippen molar-refractivity contribution in [3.63, 3.8) is 0 Å². The van der Waals surface area contributed by atoms with Crippen molar-refractivity contribution in [2.45, 2.75) is 116 Å². The number of nitrogens with one attached hydrogen (secondary N) is 2. The SMILES string of the molecule is CC(C)(CCNC(=O)C1CC/C=C\CCC1)OCCC(C)(C)OCCNC(=O)C1CC/C=C\CCC1. The first-order chi connectivity index (χ1) is 17.2. The molecule has 36 heavy (non-hydrogen) atoms. The summed E-state index contributed by atoms with van der Waals surface area (Å²) in [5, 5.41) is 6.19. The van der Waals surface area contributed by atoms with Crippen LogP contribution in [-0.4, -0.2) is 49.3 Å². The fraction of sp³-hybridized carbons (Fsp3) is 0.800. The van der Waals surface area contributed by atoms with Gasteiger partial charge in [0.15, 0.2) is 0 Å². The van der Waals surface area contributed by atoms with E-state index in [0.717, 1.165) is 77.0 Å². The summed E-state index contributed by atoms with van der Waals surface area (Å²) in [7, 11) is 0. The third-order valence-corrected chi connectivity index (χ3v) is 7.40. The molecule has 2 N–H and O–H groups in total. The molecule has 0 spiro atoms. The predicted molar refractivity (Wildman–Crippen MR) is 147 cm³/mol. The van der Waals surface area contributed by atoms with Gasteiger partial charge in [0, 0.05) is 24.9 Å². The van der Waals surface area contributed by atoms with Crippen molar-refractivity contribution >= 4 is 11.8 Å². The fourth-order valence-corrected chi connectivity index (χ4v) is 4.84. The third-order valence-electron chi connectivity index (χ3n) is 7.40. The van der Waals surface area contributed by atoms with Crippen LogP contribution in [0.1, 0.15) is 105 Å². The fourth-order valence-electron chi connectivity index (χ4n) is 4.84. The summed E-state index contributed by atoms with van der Waals surface area (Å²) in [4.78, 5) is 25.0. The van der Waals surface area contributed by atoms with Crippen LogP contribution in [0.15, 0.2) is 24.3 Å². The lowest BCUT2D eigenvalue weighted by Crippen LogP contribution is -2.38. The molecule has 0 aliphatic heterocycles. The van der Waals surface area contributed by atoms with E-state index in [1.54, 1.807) is 0 Å². The topological polar surface area (TPSA) is 76.7 Å². The van der Waals surface area contributed by atoms with E-state index in [-0.39, 0.29) is 34.9 Å². The molecule has 0 saturated heterocycles. The molecule has 0 aromatic carbocycles. The standard InChI is InChI=1S/C30H52N2O4/c1-29(2,19-21-31-27(33)25-15-11-7-5-8-12-16-25)35-23-20-30(3,4)36-24-22-32-28(34)26-17-13-9-6-10-14-18-26/h5-7,9,25-26H,8,10-24H2,1-4H3,(H,31,33)(H,32,34)/b7-5-,9-6-. The molecule has 2 aliphatic rings. The first-order valence-corrected chi connectivity index (χ1v) is 14.3. The summed E-state index contributed by atoms with van der Waals surface area (Å²) in [6.45, 7) is 10.5. The van der Waals surface area contributed by atoms with E-state index in [4.69, 9.17) is 9.47 Å². The first-order valence-electron chi connectivity index (χ1n) is 14.3. The molecule has 0 radical (unpaired) electrons. The van der Waals surface area contributed by atoms with Crippen LogP contribution in [0.4, 0.5) is 0 Å². The van der Waals surface area contributed by atoms with Crippen molar-refractivity contribution in [2.24, 2.45) is 11.8 Å². The van der Waals surface area contributed by atoms with Gasteiger partial charge in [-0.15, -0.1) is 0 Å². The van der Waals surface area contributed by atoms with E-state index in [9.17, 15) is 9.59 Å². The van der Waals surface area contributed by atoms with E-state index < -0.39 is 0 Å². The molecule has 0 saturated carbocycles. The van der Waals surface area contributed by atoms with Crippen molar-refractivity contribution in [2.75, 3.05) is 26.3 Å². The lowest BCUT2D eigenvalue weighted by atomic mass is 9.93. The maximum absolute atomic E-state index is 12.6. The van der Waals surface area contributed by atoms with Crippen molar-refractivity contribution in [3.8, 4) is 0 Å². The Hall–Kier alpha value is -1.66. The normalized spacial score (nSPS) is 23.4. The van der Waals surface area contributed by atoms with E-state index >= 15 is 0 Å². The van der Waals surface area contributed by atoms with Crippen molar-refractivity contribution in [3.05, 3.63) is 24.3 Å². The number of amides is 2. The average molecular weight is 505 g/mol. The lowest BCUT2D eigenvalue weighted by Gasteiger charge is -2.30. The minimum absolute atomic E-state index is 0.122. The summed E-state index contributed by atoms with van der Waals surface area (Å²) in [6.07, 6.45) is 20.5. The Bertz CT molecular complexity index is 714. The number of allylic oxidation sites excluding steroid dienone is 4. The summed E-state index contributed by atoms with van der Waals surface area (Å²) >= 11 is 0. The van der Waals surface area contributed by atoms with E-state index in [0.29, 0.717) is 26.3 Å². The Labute approximate surface area is 220 Å². The van der Waals surface area contributed by atoms with Gasteiger partial charge in [0.1, 0.15) is 0 Å². The van der Waals surface area contributed by atoms with Crippen LogP contribution in [-0.2, 0) is 19.1 Å². The largest absolute Gasteiger partial charge is 0.375 e. The highest BCUT2D eigenvalue weighted by atomic mass is 16.5. The van der Waals surface area contributed by atoms with Crippen LogP contribution in [0, 0.1) is 11.8 Å². The molecule has 6 nitrogen and oxygen atoms in total. The molecular formula is C30H52N2O4. The second-order valence-electron chi connectivity index (χ2n) is 11.7. The Balaban J connectivity index is 1.57. The Morgan fingerprint density at radius 1 is 0.667 bits per heavy atom. The Morgan fingerprint density at radius 2 is 1.14 bits per heavy atom. The number of carbonyl (C=O) groups is 2. The number of hydrogen-bond acceptors (Lipinski definition) is 4. The highest BCUT2D eigenvalue weighted by Crippen LogP contribution is 2.22. The maximum atomic E-state index is 12.6. The molecule has 2 amide bonds. The number of hydrogen-bond donors (Lipinski definition) is 2. The summed E-state index contributed by atoms with van der Waals surface area (Å²) < 4.78 is 12.2. The van der Waals surface area contributed by atoms with Gasteiger partial charge >= 0.3 is 0 Å². The highest BCUT2D eigenvalue weighted by molar-refractivity contribution is 5.79. The second kappa shape index (κ2) is 16.2. The summed E-state index contributed by atoms with van der Waals surface area (Å²) in [6, 6.07) is 0. The van der Waals surface area contributed by atoms with E-state index in [1.807, 2.05) is 0 Å². The van der Waals surface area contributed by atoms with Crippen LogP contribution in [0.25, 0.3) is 0 Å². The maximum Gasteiger partial charge on any atom is 0.223 e. The predicted octanol–water partition coefficient (Wildman–Crippen LogP) is 5.86. The van der Waals surface area contributed by atoms with Gasteiger partial charge in [-0.3, -0.25) is 9.59 Å². The lowest BCUT2D eigenvalue weighted by molar-refractivity contribution is -0.127. The van der Waals surface area contributed by atoms with Gasteiger partial charge in [-0.25, -0.2) is 0 Å². The molecule has 206 valence electrons. The molecular weight excluding hydrogens is 452 g/mol. The minimum Gasteiger partial charge on any atom is -0.375 e. The first kappa shape index (κ1) is 30.6. The van der Waals surface area contributed by atoms with Crippen molar-refractivity contribution in [1.29, 1.82) is 0 Å². The molecule has 0 heterocycles. The van der Waals surface area contributed by atoms with E-state index in [1.165, 1.54) is 0 Å². The molecule has 6 heteroatoms.